The normalized spacial score (nSPS) is 34.8. The first-order valence-corrected chi connectivity index (χ1v) is 3.94. The molecule has 0 aromatic carbocycles. The van der Waals surface area contributed by atoms with Crippen molar-refractivity contribution in [3.8, 4) is 0 Å². The minimum absolute atomic E-state index is 0.260. The lowest BCUT2D eigenvalue weighted by atomic mass is 9.86. The van der Waals surface area contributed by atoms with E-state index in [1.165, 1.54) is 0 Å². The largest absolute Gasteiger partial charge is 0.379 e. The maximum absolute atomic E-state index is 9.15. The van der Waals surface area contributed by atoms with Gasteiger partial charge in [-0.25, -0.2) is 0 Å². The lowest BCUT2D eigenvalue weighted by Crippen LogP contribution is -2.38. The Kier molecular flexibility index (Phi) is 2.02. The van der Waals surface area contributed by atoms with Gasteiger partial charge in [-0.1, -0.05) is 20.8 Å². The molecule has 1 rings (SSSR count). The summed E-state index contributed by atoms with van der Waals surface area (Å²) >= 11 is 0. The molecule has 2 heteroatoms. The summed E-state index contributed by atoms with van der Waals surface area (Å²) < 4.78 is 0. The SMILES string of the molecule is CC(C)(C)C1CCC(O)N1. The molecule has 0 aromatic heterocycles. The summed E-state index contributed by atoms with van der Waals surface area (Å²) in [6.45, 7) is 6.59. The van der Waals surface area contributed by atoms with Crippen molar-refractivity contribution < 1.29 is 5.11 Å². The summed E-state index contributed by atoms with van der Waals surface area (Å²) in [5.41, 5.74) is 0.289. The van der Waals surface area contributed by atoms with Crippen molar-refractivity contribution in [3.63, 3.8) is 0 Å². The van der Waals surface area contributed by atoms with Gasteiger partial charge in [-0.3, -0.25) is 5.32 Å². The molecule has 0 spiro atoms. The average molecular weight is 143 g/mol. The molecule has 0 saturated carbocycles. The fourth-order valence-electron chi connectivity index (χ4n) is 1.41. The van der Waals surface area contributed by atoms with Crippen LogP contribution in [-0.4, -0.2) is 17.4 Å². The van der Waals surface area contributed by atoms with E-state index < -0.39 is 0 Å². The minimum Gasteiger partial charge on any atom is -0.379 e. The molecule has 2 atom stereocenters. The van der Waals surface area contributed by atoms with Crippen molar-refractivity contribution in [1.82, 2.24) is 5.32 Å². The Labute approximate surface area is 62.6 Å². The van der Waals surface area contributed by atoms with Crippen LogP contribution in [0.3, 0.4) is 0 Å². The molecule has 0 bridgehead atoms. The minimum atomic E-state index is -0.260. The Hall–Kier alpha value is -0.0800. The molecule has 0 radical (unpaired) electrons. The molecule has 1 fully saturated rings. The van der Waals surface area contributed by atoms with Crippen molar-refractivity contribution >= 4 is 0 Å². The van der Waals surface area contributed by atoms with Gasteiger partial charge in [0.25, 0.3) is 0 Å². The molecule has 60 valence electrons. The van der Waals surface area contributed by atoms with Crippen LogP contribution in [0.5, 0.6) is 0 Å². The van der Waals surface area contributed by atoms with Gasteiger partial charge >= 0.3 is 0 Å². The van der Waals surface area contributed by atoms with Crippen molar-refractivity contribution in [1.29, 1.82) is 0 Å². The fourth-order valence-corrected chi connectivity index (χ4v) is 1.41. The lowest BCUT2D eigenvalue weighted by molar-refractivity contribution is 0.140. The molecule has 1 heterocycles. The Balaban J connectivity index is 2.45. The molecule has 1 aliphatic heterocycles. The Morgan fingerprint density at radius 1 is 1.30 bits per heavy atom. The molecular formula is C8H17NO. The highest BCUT2D eigenvalue weighted by Gasteiger charge is 2.30. The van der Waals surface area contributed by atoms with Crippen molar-refractivity contribution in [3.05, 3.63) is 0 Å². The Morgan fingerprint density at radius 3 is 2.10 bits per heavy atom. The van der Waals surface area contributed by atoms with E-state index in [-0.39, 0.29) is 11.6 Å². The van der Waals surface area contributed by atoms with Gasteiger partial charge in [-0.05, 0) is 18.3 Å². The molecule has 1 saturated heterocycles. The van der Waals surface area contributed by atoms with E-state index >= 15 is 0 Å². The third kappa shape index (κ3) is 1.70. The molecule has 10 heavy (non-hydrogen) atoms. The van der Waals surface area contributed by atoms with Gasteiger partial charge in [0.05, 0.1) is 0 Å². The highest BCUT2D eigenvalue weighted by atomic mass is 16.3. The maximum atomic E-state index is 9.15. The molecule has 2 unspecified atom stereocenters. The van der Waals surface area contributed by atoms with Crippen LogP contribution in [0.25, 0.3) is 0 Å². The molecule has 2 N–H and O–H groups in total. The number of aliphatic hydroxyl groups excluding tert-OH is 1. The van der Waals surface area contributed by atoms with Crippen LogP contribution in [0, 0.1) is 5.41 Å². The van der Waals surface area contributed by atoms with Crippen molar-refractivity contribution in [2.75, 3.05) is 0 Å². The van der Waals surface area contributed by atoms with Crippen LogP contribution in [0.15, 0.2) is 0 Å². The zero-order chi connectivity index (χ0) is 7.78. The van der Waals surface area contributed by atoms with E-state index in [9.17, 15) is 0 Å². The van der Waals surface area contributed by atoms with E-state index in [0.717, 1.165) is 12.8 Å². The Morgan fingerprint density at radius 2 is 1.90 bits per heavy atom. The number of rotatable bonds is 0. The van der Waals surface area contributed by atoms with Crippen LogP contribution < -0.4 is 5.32 Å². The van der Waals surface area contributed by atoms with Gasteiger partial charge < -0.3 is 5.11 Å². The summed E-state index contributed by atoms with van der Waals surface area (Å²) in [4.78, 5) is 0. The topological polar surface area (TPSA) is 32.3 Å². The predicted molar refractivity (Wildman–Crippen MR) is 41.6 cm³/mol. The van der Waals surface area contributed by atoms with Gasteiger partial charge in [0.2, 0.25) is 0 Å². The van der Waals surface area contributed by atoms with Gasteiger partial charge in [0.1, 0.15) is 6.23 Å². The highest BCUT2D eigenvalue weighted by Crippen LogP contribution is 2.27. The lowest BCUT2D eigenvalue weighted by Gasteiger charge is -2.26. The maximum Gasteiger partial charge on any atom is 0.105 e. The van der Waals surface area contributed by atoms with E-state index in [0.29, 0.717) is 6.04 Å². The first kappa shape index (κ1) is 8.02. The smallest absolute Gasteiger partial charge is 0.105 e. The highest BCUT2D eigenvalue weighted by molar-refractivity contribution is 4.86. The standard InChI is InChI=1S/C8H17NO/c1-8(2,3)6-4-5-7(10)9-6/h6-7,9-10H,4-5H2,1-3H3. The number of aliphatic hydroxyl groups is 1. The van der Waals surface area contributed by atoms with E-state index in [1.54, 1.807) is 0 Å². The molecule has 0 amide bonds. The van der Waals surface area contributed by atoms with Gasteiger partial charge in [-0.2, -0.15) is 0 Å². The second kappa shape index (κ2) is 2.51. The van der Waals surface area contributed by atoms with E-state index in [1.807, 2.05) is 0 Å². The quantitative estimate of drug-likeness (QED) is 0.532. The van der Waals surface area contributed by atoms with Crippen LogP contribution in [-0.2, 0) is 0 Å². The molecular weight excluding hydrogens is 126 g/mol. The van der Waals surface area contributed by atoms with Crippen LogP contribution in [0.4, 0.5) is 0 Å². The summed E-state index contributed by atoms with van der Waals surface area (Å²) in [6, 6.07) is 0.488. The summed E-state index contributed by atoms with van der Waals surface area (Å²) in [7, 11) is 0. The van der Waals surface area contributed by atoms with Crippen LogP contribution >= 0.6 is 0 Å². The monoisotopic (exact) mass is 143 g/mol. The third-order valence-corrected chi connectivity index (χ3v) is 2.17. The zero-order valence-corrected chi connectivity index (χ0v) is 7.02. The van der Waals surface area contributed by atoms with Gasteiger partial charge in [0.15, 0.2) is 0 Å². The van der Waals surface area contributed by atoms with E-state index in [2.05, 4.69) is 26.1 Å². The molecule has 0 aromatic rings. The molecule has 0 aliphatic carbocycles. The number of nitrogens with one attached hydrogen (secondary N) is 1. The summed E-state index contributed by atoms with van der Waals surface area (Å²) in [6.07, 6.45) is 1.75. The first-order chi connectivity index (χ1) is 4.50. The molecule has 2 nitrogen and oxygen atoms in total. The van der Waals surface area contributed by atoms with Crippen molar-refractivity contribution in [2.24, 2.45) is 5.41 Å². The van der Waals surface area contributed by atoms with Gasteiger partial charge in [-0.15, -0.1) is 0 Å². The van der Waals surface area contributed by atoms with Gasteiger partial charge in [0, 0.05) is 6.04 Å². The molecule has 1 aliphatic rings. The average Bonchev–Trinajstić information content (AvgIpc) is 2.11. The third-order valence-electron chi connectivity index (χ3n) is 2.17. The van der Waals surface area contributed by atoms with E-state index in [4.69, 9.17) is 5.11 Å². The van der Waals surface area contributed by atoms with Crippen LogP contribution in [0.2, 0.25) is 0 Å². The Bertz CT molecular complexity index is 117. The predicted octanol–water partition coefficient (Wildman–Crippen LogP) is 1.10. The second-order valence-electron chi connectivity index (χ2n) is 4.18. The zero-order valence-electron chi connectivity index (χ0n) is 7.02. The number of hydrogen-bond donors (Lipinski definition) is 2. The second-order valence-corrected chi connectivity index (χ2v) is 4.18. The number of hydrogen-bond acceptors (Lipinski definition) is 2. The van der Waals surface area contributed by atoms with Crippen LogP contribution in [0.1, 0.15) is 33.6 Å². The summed E-state index contributed by atoms with van der Waals surface area (Å²) in [5, 5.41) is 12.3. The first-order valence-electron chi connectivity index (χ1n) is 3.94. The van der Waals surface area contributed by atoms with Crippen molar-refractivity contribution in [2.45, 2.75) is 45.9 Å². The fraction of sp³-hybridized carbons (Fsp3) is 1.00. The summed E-state index contributed by atoms with van der Waals surface area (Å²) in [5.74, 6) is 0.